The highest BCUT2D eigenvalue weighted by molar-refractivity contribution is 6.24. The van der Waals surface area contributed by atoms with Crippen LogP contribution in [0.1, 0.15) is 0 Å². The van der Waals surface area contributed by atoms with E-state index in [2.05, 4.69) is 204 Å². The second kappa shape index (κ2) is 11.5. The van der Waals surface area contributed by atoms with Gasteiger partial charge in [0, 0.05) is 27.8 Å². The highest BCUT2D eigenvalue weighted by Gasteiger charge is 2.21. The SMILES string of the molecule is c1ccc(N(c2ccc(-c3cc4ccccc4c4c3ccc3ccccc34)cc2)c2cccc3c2c2ccccc2n3-c2ccccc2)cc1. The normalized spacial score (nSPS) is 11.6. The molecule has 0 saturated carbocycles. The molecule has 0 bridgehead atoms. The maximum atomic E-state index is 2.40. The first-order chi connectivity index (χ1) is 24.8. The first-order valence-corrected chi connectivity index (χ1v) is 17.2. The predicted molar refractivity (Wildman–Crippen MR) is 213 cm³/mol. The van der Waals surface area contributed by atoms with Crippen molar-refractivity contribution in [3.05, 3.63) is 194 Å². The Labute approximate surface area is 290 Å². The molecule has 0 saturated heterocycles. The van der Waals surface area contributed by atoms with Gasteiger partial charge in [-0.3, -0.25) is 0 Å². The van der Waals surface area contributed by atoms with Gasteiger partial charge in [0.25, 0.3) is 0 Å². The number of hydrogen-bond donors (Lipinski definition) is 0. The molecular formula is C48H32N2. The summed E-state index contributed by atoms with van der Waals surface area (Å²) in [6.07, 6.45) is 0. The number of aromatic nitrogens is 1. The zero-order valence-corrected chi connectivity index (χ0v) is 27.4. The second-order valence-electron chi connectivity index (χ2n) is 12.9. The summed E-state index contributed by atoms with van der Waals surface area (Å²) in [5.74, 6) is 0. The lowest BCUT2D eigenvalue weighted by Gasteiger charge is -2.27. The van der Waals surface area contributed by atoms with E-state index in [1.807, 2.05) is 0 Å². The van der Waals surface area contributed by atoms with E-state index >= 15 is 0 Å². The molecule has 1 heterocycles. The van der Waals surface area contributed by atoms with Crippen LogP contribution < -0.4 is 4.90 Å². The second-order valence-corrected chi connectivity index (χ2v) is 12.9. The van der Waals surface area contributed by atoms with E-state index in [4.69, 9.17) is 0 Å². The van der Waals surface area contributed by atoms with Gasteiger partial charge in [-0.15, -0.1) is 0 Å². The molecule has 0 atom stereocenters. The number of para-hydroxylation sites is 3. The fraction of sp³-hybridized carbons (Fsp3) is 0. The van der Waals surface area contributed by atoms with Gasteiger partial charge < -0.3 is 9.47 Å². The average Bonchev–Trinajstić information content (AvgIpc) is 3.53. The van der Waals surface area contributed by atoms with Crippen LogP contribution in [-0.2, 0) is 0 Å². The Hall–Kier alpha value is -6.64. The third kappa shape index (κ3) is 4.43. The number of benzene rings is 9. The third-order valence-electron chi connectivity index (χ3n) is 10.1. The molecule has 0 aliphatic rings. The largest absolute Gasteiger partial charge is 0.310 e. The average molecular weight is 637 g/mol. The lowest BCUT2D eigenvalue weighted by Crippen LogP contribution is -2.10. The van der Waals surface area contributed by atoms with E-state index in [1.54, 1.807) is 0 Å². The molecule has 10 rings (SSSR count). The molecule has 0 N–H and O–H groups in total. The van der Waals surface area contributed by atoms with Crippen molar-refractivity contribution in [2.75, 3.05) is 4.90 Å². The number of anilines is 3. The van der Waals surface area contributed by atoms with Crippen LogP contribution in [0.4, 0.5) is 17.1 Å². The lowest BCUT2D eigenvalue weighted by atomic mass is 9.90. The number of hydrogen-bond acceptors (Lipinski definition) is 1. The fourth-order valence-electron chi connectivity index (χ4n) is 7.95. The van der Waals surface area contributed by atoms with Crippen LogP contribution in [0.3, 0.4) is 0 Å². The Morgan fingerprint density at radius 1 is 0.360 bits per heavy atom. The quantitative estimate of drug-likeness (QED) is 0.171. The number of nitrogens with zero attached hydrogens (tertiary/aromatic N) is 2. The maximum absolute atomic E-state index is 2.40. The van der Waals surface area contributed by atoms with Gasteiger partial charge in [-0.25, -0.2) is 0 Å². The Balaban J connectivity index is 1.19. The first kappa shape index (κ1) is 28.4. The van der Waals surface area contributed by atoms with Crippen molar-refractivity contribution >= 4 is 71.2 Å². The molecule has 0 unspecified atom stereocenters. The summed E-state index contributed by atoms with van der Waals surface area (Å²) in [6.45, 7) is 0. The highest BCUT2D eigenvalue weighted by Crippen LogP contribution is 2.45. The van der Waals surface area contributed by atoms with Crippen LogP contribution in [0.25, 0.3) is 70.9 Å². The van der Waals surface area contributed by atoms with E-state index in [0.29, 0.717) is 0 Å². The minimum atomic E-state index is 1.11. The van der Waals surface area contributed by atoms with Crippen molar-refractivity contribution in [1.29, 1.82) is 0 Å². The first-order valence-electron chi connectivity index (χ1n) is 17.2. The van der Waals surface area contributed by atoms with E-state index in [9.17, 15) is 0 Å². The molecule has 2 heteroatoms. The van der Waals surface area contributed by atoms with E-state index < -0.39 is 0 Å². The van der Waals surface area contributed by atoms with Gasteiger partial charge in [-0.05, 0) is 104 Å². The molecule has 0 aliphatic carbocycles. The van der Waals surface area contributed by atoms with Gasteiger partial charge >= 0.3 is 0 Å². The molecule has 234 valence electrons. The van der Waals surface area contributed by atoms with Crippen molar-refractivity contribution in [3.63, 3.8) is 0 Å². The summed E-state index contributed by atoms with van der Waals surface area (Å²) in [5, 5.41) is 10.1. The van der Waals surface area contributed by atoms with Crippen molar-refractivity contribution < 1.29 is 0 Å². The Morgan fingerprint density at radius 2 is 0.960 bits per heavy atom. The van der Waals surface area contributed by atoms with E-state index in [1.165, 1.54) is 65.3 Å². The summed E-state index contributed by atoms with van der Waals surface area (Å²) in [4.78, 5) is 2.40. The predicted octanol–water partition coefficient (Wildman–Crippen LogP) is 13.4. The van der Waals surface area contributed by atoms with Gasteiger partial charge in [0.1, 0.15) is 0 Å². The lowest BCUT2D eigenvalue weighted by molar-refractivity contribution is 1.18. The Morgan fingerprint density at radius 3 is 1.74 bits per heavy atom. The van der Waals surface area contributed by atoms with Crippen LogP contribution in [0.2, 0.25) is 0 Å². The Kier molecular flexibility index (Phi) is 6.53. The minimum Gasteiger partial charge on any atom is -0.310 e. The van der Waals surface area contributed by atoms with Crippen LogP contribution in [0, 0.1) is 0 Å². The van der Waals surface area contributed by atoms with Crippen LogP contribution >= 0.6 is 0 Å². The van der Waals surface area contributed by atoms with Gasteiger partial charge in [0.05, 0.1) is 16.7 Å². The molecule has 0 amide bonds. The zero-order chi connectivity index (χ0) is 33.0. The summed E-state index contributed by atoms with van der Waals surface area (Å²) in [6, 6.07) is 70.4. The van der Waals surface area contributed by atoms with Crippen molar-refractivity contribution in [1.82, 2.24) is 4.57 Å². The zero-order valence-electron chi connectivity index (χ0n) is 27.4. The number of rotatable bonds is 5. The van der Waals surface area contributed by atoms with Gasteiger partial charge in [0.2, 0.25) is 0 Å². The molecule has 0 fully saturated rings. The smallest absolute Gasteiger partial charge is 0.0562 e. The topological polar surface area (TPSA) is 8.17 Å². The maximum Gasteiger partial charge on any atom is 0.0562 e. The van der Waals surface area contributed by atoms with Crippen LogP contribution in [0.5, 0.6) is 0 Å². The van der Waals surface area contributed by atoms with Gasteiger partial charge in [0.15, 0.2) is 0 Å². The summed E-state index contributed by atoms with van der Waals surface area (Å²) in [5.41, 5.74) is 9.35. The van der Waals surface area contributed by atoms with Crippen LogP contribution in [-0.4, -0.2) is 4.57 Å². The molecule has 1 aromatic heterocycles. The molecule has 0 radical (unpaired) electrons. The van der Waals surface area contributed by atoms with Crippen molar-refractivity contribution in [2.45, 2.75) is 0 Å². The molecular weight excluding hydrogens is 605 g/mol. The molecule has 10 aromatic rings. The Bertz CT molecular complexity index is 2830. The number of fused-ring (bicyclic) bond motifs is 8. The highest BCUT2D eigenvalue weighted by atomic mass is 15.1. The van der Waals surface area contributed by atoms with Gasteiger partial charge in [-0.2, -0.15) is 0 Å². The summed E-state index contributed by atoms with van der Waals surface area (Å²) in [7, 11) is 0. The molecule has 0 spiro atoms. The molecule has 2 nitrogen and oxygen atoms in total. The summed E-state index contributed by atoms with van der Waals surface area (Å²) < 4.78 is 2.38. The summed E-state index contributed by atoms with van der Waals surface area (Å²) >= 11 is 0. The minimum absolute atomic E-state index is 1.11. The standard InChI is InChI=1S/C48H32N2/c1-3-16-36(17-4-1)49(45-24-13-25-46-48(45)42-22-11-12-23-44(42)50(46)37-18-5-2-6-19-37)38-29-26-34(27-30-38)43-32-35-15-8-10-21-40(35)47-39-20-9-7-14-33(39)28-31-41(43)47/h1-32H. The van der Waals surface area contributed by atoms with Crippen molar-refractivity contribution in [2.24, 2.45) is 0 Å². The molecule has 50 heavy (non-hydrogen) atoms. The molecule has 0 aliphatic heterocycles. The molecule has 9 aromatic carbocycles. The third-order valence-corrected chi connectivity index (χ3v) is 10.1. The fourth-order valence-corrected chi connectivity index (χ4v) is 7.95. The van der Waals surface area contributed by atoms with Crippen molar-refractivity contribution in [3.8, 4) is 16.8 Å². The monoisotopic (exact) mass is 636 g/mol. The van der Waals surface area contributed by atoms with E-state index in [0.717, 1.165) is 22.7 Å². The van der Waals surface area contributed by atoms with Gasteiger partial charge in [-0.1, -0.05) is 133 Å². The van der Waals surface area contributed by atoms with Crippen LogP contribution in [0.15, 0.2) is 194 Å². The van der Waals surface area contributed by atoms with E-state index in [-0.39, 0.29) is 0 Å².